The summed E-state index contributed by atoms with van der Waals surface area (Å²) in [6.45, 7) is 0.575. The second kappa shape index (κ2) is 7.65. The van der Waals surface area contributed by atoms with Crippen molar-refractivity contribution in [2.24, 2.45) is 0 Å². The van der Waals surface area contributed by atoms with Crippen LogP contribution in [0.3, 0.4) is 0 Å². The predicted octanol–water partition coefficient (Wildman–Crippen LogP) is 5.22. The molecular formula is C23H18ClN5O. The van der Waals surface area contributed by atoms with Crippen LogP contribution in [0.2, 0.25) is 5.02 Å². The molecule has 0 aliphatic carbocycles. The molecule has 5 aromatic rings. The maximum Gasteiger partial charge on any atom is 0.186 e. The highest BCUT2D eigenvalue weighted by Gasteiger charge is 2.16. The fourth-order valence-electron chi connectivity index (χ4n) is 3.55. The van der Waals surface area contributed by atoms with Crippen molar-refractivity contribution in [3.05, 3.63) is 83.4 Å². The summed E-state index contributed by atoms with van der Waals surface area (Å²) in [5.74, 6) is 1.59. The molecule has 6 nitrogen and oxygen atoms in total. The number of anilines is 1. The molecule has 0 atom stereocenters. The number of fused-ring (bicyclic) bond motifs is 3. The molecule has 0 bridgehead atoms. The van der Waals surface area contributed by atoms with Gasteiger partial charge < -0.3 is 10.1 Å². The van der Waals surface area contributed by atoms with Crippen molar-refractivity contribution >= 4 is 34.0 Å². The molecule has 2 heterocycles. The van der Waals surface area contributed by atoms with E-state index >= 15 is 0 Å². The summed E-state index contributed by atoms with van der Waals surface area (Å²) in [6.07, 6.45) is 0. The van der Waals surface area contributed by atoms with E-state index in [1.54, 1.807) is 11.6 Å². The lowest BCUT2D eigenvalue weighted by Crippen LogP contribution is -2.06. The van der Waals surface area contributed by atoms with Crippen molar-refractivity contribution in [2.75, 3.05) is 12.4 Å². The lowest BCUT2D eigenvalue weighted by molar-refractivity contribution is 0.410. The Balaban J connectivity index is 1.64. The van der Waals surface area contributed by atoms with Crippen LogP contribution in [-0.4, -0.2) is 26.9 Å². The minimum absolute atomic E-state index is 0.575. The molecule has 0 unspecified atom stereocenters. The van der Waals surface area contributed by atoms with Crippen LogP contribution in [0, 0.1) is 0 Å². The fourth-order valence-corrected chi connectivity index (χ4v) is 3.74. The highest BCUT2D eigenvalue weighted by molar-refractivity contribution is 6.30. The summed E-state index contributed by atoms with van der Waals surface area (Å²) in [7, 11) is 1.67. The first-order chi connectivity index (χ1) is 14.7. The third-order valence-electron chi connectivity index (χ3n) is 4.99. The van der Waals surface area contributed by atoms with Gasteiger partial charge in [-0.25, -0.2) is 4.98 Å². The summed E-state index contributed by atoms with van der Waals surface area (Å²) in [5, 5.41) is 13.8. The van der Waals surface area contributed by atoms with E-state index in [1.807, 2.05) is 72.8 Å². The van der Waals surface area contributed by atoms with Crippen LogP contribution in [0.25, 0.3) is 27.8 Å². The number of halogens is 1. The van der Waals surface area contributed by atoms with E-state index in [0.717, 1.165) is 33.6 Å². The van der Waals surface area contributed by atoms with Gasteiger partial charge in [-0.05, 0) is 30.3 Å². The summed E-state index contributed by atoms with van der Waals surface area (Å²) < 4.78 is 7.23. The van der Waals surface area contributed by atoms with E-state index in [9.17, 15) is 0 Å². The van der Waals surface area contributed by atoms with Crippen molar-refractivity contribution in [3.8, 4) is 17.0 Å². The number of para-hydroxylation sites is 2. The second-order valence-corrected chi connectivity index (χ2v) is 7.26. The topological polar surface area (TPSA) is 64.3 Å². The van der Waals surface area contributed by atoms with Crippen molar-refractivity contribution in [2.45, 2.75) is 6.54 Å². The number of nitrogens with zero attached hydrogens (tertiary/aromatic N) is 4. The van der Waals surface area contributed by atoms with Gasteiger partial charge in [-0.15, -0.1) is 5.10 Å². The van der Waals surface area contributed by atoms with Crippen LogP contribution < -0.4 is 10.1 Å². The highest BCUT2D eigenvalue weighted by atomic mass is 35.5. The van der Waals surface area contributed by atoms with Crippen LogP contribution in [0.5, 0.6) is 5.75 Å². The Hall–Kier alpha value is -3.64. The first-order valence-corrected chi connectivity index (χ1v) is 9.88. The van der Waals surface area contributed by atoms with Crippen molar-refractivity contribution in [1.82, 2.24) is 19.8 Å². The van der Waals surface area contributed by atoms with Crippen LogP contribution in [0.15, 0.2) is 72.8 Å². The monoisotopic (exact) mass is 415 g/mol. The molecular weight excluding hydrogens is 398 g/mol. The molecule has 0 saturated heterocycles. The number of methoxy groups -OCH3 is 1. The van der Waals surface area contributed by atoms with Gasteiger partial charge in [-0.1, -0.05) is 59.3 Å². The van der Waals surface area contributed by atoms with Gasteiger partial charge >= 0.3 is 0 Å². The molecule has 0 amide bonds. The van der Waals surface area contributed by atoms with Crippen LogP contribution in [0.4, 0.5) is 5.82 Å². The fraction of sp³-hybridized carbons (Fsp3) is 0.0870. The lowest BCUT2D eigenvalue weighted by atomic mass is 10.1. The van der Waals surface area contributed by atoms with Crippen molar-refractivity contribution < 1.29 is 4.74 Å². The van der Waals surface area contributed by atoms with E-state index in [2.05, 4.69) is 15.6 Å². The zero-order valence-corrected chi connectivity index (χ0v) is 17.0. The smallest absolute Gasteiger partial charge is 0.186 e. The summed E-state index contributed by atoms with van der Waals surface area (Å²) >= 11 is 6.19. The average molecular weight is 416 g/mol. The molecule has 1 N–H and O–H groups in total. The van der Waals surface area contributed by atoms with Gasteiger partial charge in [-0.3, -0.25) is 0 Å². The summed E-state index contributed by atoms with van der Waals surface area (Å²) in [5.41, 5.74) is 4.19. The molecule has 0 spiro atoms. The molecule has 30 heavy (non-hydrogen) atoms. The Morgan fingerprint density at radius 2 is 1.83 bits per heavy atom. The number of hydrogen-bond donors (Lipinski definition) is 1. The Morgan fingerprint density at radius 3 is 2.70 bits per heavy atom. The van der Waals surface area contributed by atoms with E-state index in [-0.39, 0.29) is 0 Å². The van der Waals surface area contributed by atoms with Crippen LogP contribution in [0.1, 0.15) is 5.56 Å². The number of hydrogen-bond acceptors (Lipinski definition) is 5. The Morgan fingerprint density at radius 1 is 1.00 bits per heavy atom. The number of nitrogens with one attached hydrogen (secondary N) is 1. The predicted molar refractivity (Wildman–Crippen MR) is 119 cm³/mol. The van der Waals surface area contributed by atoms with E-state index in [1.165, 1.54) is 0 Å². The lowest BCUT2D eigenvalue weighted by Gasteiger charge is -2.12. The summed E-state index contributed by atoms with van der Waals surface area (Å²) in [4.78, 5) is 4.88. The molecule has 0 aliphatic heterocycles. The molecule has 0 radical (unpaired) electrons. The molecule has 0 fully saturated rings. The number of rotatable bonds is 5. The van der Waals surface area contributed by atoms with Crippen LogP contribution >= 0.6 is 11.6 Å². The number of benzene rings is 3. The maximum absolute atomic E-state index is 6.19. The first kappa shape index (κ1) is 18.4. The van der Waals surface area contributed by atoms with Gasteiger partial charge in [-0.2, -0.15) is 4.52 Å². The van der Waals surface area contributed by atoms with Crippen molar-refractivity contribution in [3.63, 3.8) is 0 Å². The van der Waals surface area contributed by atoms with Gasteiger partial charge in [0.25, 0.3) is 0 Å². The van der Waals surface area contributed by atoms with Gasteiger partial charge in [0.2, 0.25) is 0 Å². The third-order valence-corrected chi connectivity index (χ3v) is 5.22. The average Bonchev–Trinajstić information content (AvgIpc) is 3.22. The quantitative estimate of drug-likeness (QED) is 0.426. The van der Waals surface area contributed by atoms with E-state index in [4.69, 9.17) is 21.3 Å². The van der Waals surface area contributed by atoms with E-state index in [0.29, 0.717) is 22.9 Å². The zero-order valence-electron chi connectivity index (χ0n) is 16.2. The molecule has 5 rings (SSSR count). The normalized spacial score (nSPS) is 11.1. The standard InChI is InChI=1S/C23H18ClN5O/c1-30-20-12-5-2-7-16(20)14-25-22-18-10-3-4-11-19(18)29-23(26-22)21(27-28-29)15-8-6-9-17(24)13-15/h2-13H,14H2,1H3,(H,25,26). The molecule has 148 valence electrons. The van der Waals surface area contributed by atoms with Crippen molar-refractivity contribution in [1.29, 1.82) is 0 Å². The van der Waals surface area contributed by atoms with Gasteiger partial charge in [0.05, 0.1) is 12.6 Å². The molecule has 2 aromatic heterocycles. The molecule has 3 aromatic carbocycles. The summed E-state index contributed by atoms with van der Waals surface area (Å²) in [6, 6.07) is 23.5. The Kier molecular flexibility index (Phi) is 4.69. The minimum Gasteiger partial charge on any atom is -0.496 e. The number of aromatic nitrogens is 4. The molecule has 7 heteroatoms. The Bertz CT molecular complexity index is 1360. The zero-order chi connectivity index (χ0) is 20.5. The highest BCUT2D eigenvalue weighted by Crippen LogP contribution is 2.29. The minimum atomic E-state index is 0.575. The second-order valence-electron chi connectivity index (χ2n) is 6.83. The van der Waals surface area contributed by atoms with Crippen LogP contribution in [-0.2, 0) is 6.54 Å². The molecule has 0 saturated carbocycles. The van der Waals surface area contributed by atoms with Gasteiger partial charge in [0.15, 0.2) is 5.65 Å². The largest absolute Gasteiger partial charge is 0.496 e. The maximum atomic E-state index is 6.19. The van der Waals surface area contributed by atoms with Gasteiger partial charge in [0, 0.05) is 28.1 Å². The SMILES string of the molecule is COc1ccccc1CNc1nc2c(-c3cccc(Cl)c3)nnn2c2ccccc12. The Labute approximate surface area is 178 Å². The number of ether oxygens (including phenoxy) is 1. The third kappa shape index (κ3) is 3.21. The van der Waals surface area contributed by atoms with E-state index < -0.39 is 0 Å². The first-order valence-electron chi connectivity index (χ1n) is 9.50. The molecule has 0 aliphatic rings. The van der Waals surface area contributed by atoms with Gasteiger partial charge in [0.1, 0.15) is 17.3 Å².